The zero-order valence-corrected chi connectivity index (χ0v) is 13.0. The fraction of sp³-hybridized carbons (Fsp3) is 0.417. The molecule has 2 N–H and O–H groups in total. The van der Waals surface area contributed by atoms with Crippen molar-refractivity contribution in [3.8, 4) is 0 Å². The van der Waals surface area contributed by atoms with Gasteiger partial charge in [-0.3, -0.25) is 0 Å². The van der Waals surface area contributed by atoms with Crippen LogP contribution < -0.4 is 5.73 Å². The van der Waals surface area contributed by atoms with Gasteiger partial charge in [0.25, 0.3) is 0 Å². The molecule has 4 nitrogen and oxygen atoms in total. The van der Waals surface area contributed by atoms with E-state index < -0.39 is 10.0 Å². The van der Waals surface area contributed by atoms with Crippen molar-refractivity contribution in [3.63, 3.8) is 0 Å². The van der Waals surface area contributed by atoms with Crippen LogP contribution in [0.15, 0.2) is 29.2 Å². The van der Waals surface area contributed by atoms with E-state index in [1.54, 1.807) is 40.3 Å². The normalized spacial score (nSPS) is 21.2. The van der Waals surface area contributed by atoms with Gasteiger partial charge in [-0.1, -0.05) is 24.4 Å². The summed E-state index contributed by atoms with van der Waals surface area (Å²) in [5.41, 5.74) is 6.18. The lowest BCUT2D eigenvalue weighted by Crippen LogP contribution is -2.44. The van der Waals surface area contributed by atoms with Gasteiger partial charge >= 0.3 is 0 Å². The van der Waals surface area contributed by atoms with Crippen molar-refractivity contribution in [2.45, 2.75) is 17.9 Å². The summed E-state index contributed by atoms with van der Waals surface area (Å²) in [6.45, 7) is 2.50. The standard InChI is InChI=1S/C12H16N2O2S3/c1-9-8-18-7-6-14(9)19(15,16)11-4-2-10(3-5-11)12(13)17/h2-5,9H,6-8H2,1H3,(H2,13,17). The molecule has 0 aromatic heterocycles. The third kappa shape index (κ3) is 3.10. The van der Waals surface area contributed by atoms with E-state index in [0.717, 1.165) is 11.5 Å². The van der Waals surface area contributed by atoms with Gasteiger partial charge in [0.15, 0.2) is 0 Å². The molecule has 0 bridgehead atoms. The minimum atomic E-state index is -3.42. The van der Waals surface area contributed by atoms with Gasteiger partial charge in [0.1, 0.15) is 4.99 Å². The van der Waals surface area contributed by atoms with Gasteiger partial charge < -0.3 is 5.73 Å². The Balaban J connectivity index is 2.30. The minimum absolute atomic E-state index is 0.0269. The fourth-order valence-corrected chi connectivity index (χ4v) is 4.99. The van der Waals surface area contributed by atoms with Crippen molar-refractivity contribution in [2.75, 3.05) is 18.1 Å². The van der Waals surface area contributed by atoms with Crippen molar-refractivity contribution in [1.82, 2.24) is 4.31 Å². The van der Waals surface area contributed by atoms with Gasteiger partial charge in [0, 0.05) is 29.7 Å². The zero-order valence-electron chi connectivity index (χ0n) is 10.6. The number of nitrogens with zero attached hydrogens (tertiary/aromatic N) is 1. The Hall–Kier alpha value is -0.630. The molecule has 1 saturated heterocycles. The van der Waals surface area contributed by atoms with Gasteiger partial charge in [-0.15, -0.1) is 0 Å². The maximum atomic E-state index is 12.5. The Morgan fingerprint density at radius 2 is 2.05 bits per heavy atom. The zero-order chi connectivity index (χ0) is 14.0. The number of sulfonamides is 1. The Labute approximate surface area is 123 Å². The second-order valence-corrected chi connectivity index (χ2v) is 7.91. The first kappa shape index (κ1) is 14.8. The molecule has 0 aliphatic carbocycles. The maximum Gasteiger partial charge on any atom is 0.243 e. The SMILES string of the molecule is CC1CSCCN1S(=O)(=O)c1ccc(C(N)=S)cc1. The quantitative estimate of drug-likeness (QED) is 0.855. The molecule has 1 aliphatic heterocycles. The molecule has 1 aliphatic rings. The van der Waals surface area contributed by atoms with E-state index in [-0.39, 0.29) is 11.0 Å². The van der Waals surface area contributed by atoms with Gasteiger partial charge in [0.05, 0.1) is 4.90 Å². The van der Waals surface area contributed by atoms with Crippen LogP contribution in [0.2, 0.25) is 0 Å². The van der Waals surface area contributed by atoms with E-state index in [1.807, 2.05) is 6.92 Å². The number of benzene rings is 1. The molecule has 1 atom stereocenters. The highest BCUT2D eigenvalue weighted by atomic mass is 32.2. The molecule has 0 saturated carbocycles. The number of hydrogen-bond acceptors (Lipinski definition) is 4. The number of nitrogens with two attached hydrogens (primary N) is 1. The largest absolute Gasteiger partial charge is 0.389 e. The van der Waals surface area contributed by atoms with Crippen LogP contribution in [0.4, 0.5) is 0 Å². The predicted molar refractivity (Wildman–Crippen MR) is 83.0 cm³/mol. The molecule has 1 unspecified atom stereocenters. The monoisotopic (exact) mass is 316 g/mol. The summed E-state index contributed by atoms with van der Waals surface area (Å²) >= 11 is 6.64. The van der Waals surface area contributed by atoms with Gasteiger partial charge in [0.2, 0.25) is 10.0 Å². The molecule has 1 fully saturated rings. The van der Waals surface area contributed by atoms with Crippen molar-refractivity contribution < 1.29 is 8.42 Å². The molecule has 2 rings (SSSR count). The Morgan fingerprint density at radius 1 is 1.42 bits per heavy atom. The Kier molecular flexibility index (Phi) is 4.50. The van der Waals surface area contributed by atoms with Gasteiger partial charge in [-0.25, -0.2) is 8.42 Å². The molecule has 0 spiro atoms. The average molecular weight is 316 g/mol. The number of hydrogen-bond donors (Lipinski definition) is 1. The number of thiocarbonyl (C=S) groups is 1. The van der Waals surface area contributed by atoms with Crippen LogP contribution in [0.1, 0.15) is 12.5 Å². The Morgan fingerprint density at radius 3 is 2.58 bits per heavy atom. The summed E-state index contributed by atoms with van der Waals surface area (Å²) in [6.07, 6.45) is 0. The molecule has 19 heavy (non-hydrogen) atoms. The maximum absolute atomic E-state index is 12.5. The van der Waals surface area contributed by atoms with Crippen LogP contribution in [0.25, 0.3) is 0 Å². The van der Waals surface area contributed by atoms with Crippen molar-refractivity contribution in [1.29, 1.82) is 0 Å². The lowest BCUT2D eigenvalue weighted by Gasteiger charge is -2.31. The highest BCUT2D eigenvalue weighted by molar-refractivity contribution is 7.99. The molecular formula is C12H16N2O2S3. The lowest BCUT2D eigenvalue weighted by molar-refractivity contribution is 0.367. The smallest absolute Gasteiger partial charge is 0.243 e. The van der Waals surface area contributed by atoms with E-state index in [2.05, 4.69) is 0 Å². The van der Waals surface area contributed by atoms with Crippen molar-refractivity contribution in [3.05, 3.63) is 29.8 Å². The van der Waals surface area contributed by atoms with Gasteiger partial charge in [-0.05, 0) is 19.1 Å². The Bertz CT molecular complexity index is 569. The third-order valence-corrected chi connectivity index (χ3v) is 6.50. The topological polar surface area (TPSA) is 63.4 Å². The summed E-state index contributed by atoms with van der Waals surface area (Å²) in [7, 11) is -3.42. The van der Waals surface area contributed by atoms with Crippen LogP contribution in [-0.4, -0.2) is 41.8 Å². The summed E-state index contributed by atoms with van der Waals surface area (Å²) in [5, 5.41) is 0. The summed E-state index contributed by atoms with van der Waals surface area (Å²) < 4.78 is 26.6. The molecule has 104 valence electrons. The van der Waals surface area contributed by atoms with Crippen LogP contribution in [0, 0.1) is 0 Å². The summed E-state index contributed by atoms with van der Waals surface area (Å²) in [6, 6.07) is 6.47. The van der Waals surface area contributed by atoms with Crippen LogP contribution in [-0.2, 0) is 10.0 Å². The first-order valence-corrected chi connectivity index (χ1v) is 8.92. The van der Waals surface area contributed by atoms with Crippen LogP contribution in [0.3, 0.4) is 0 Å². The second kappa shape index (κ2) is 5.78. The highest BCUT2D eigenvalue weighted by Crippen LogP contribution is 2.24. The van der Waals surface area contributed by atoms with Crippen LogP contribution in [0.5, 0.6) is 0 Å². The summed E-state index contributed by atoms with van der Waals surface area (Å²) in [4.78, 5) is 0.568. The van der Waals surface area contributed by atoms with E-state index in [9.17, 15) is 8.42 Å². The lowest BCUT2D eigenvalue weighted by atomic mass is 10.2. The van der Waals surface area contributed by atoms with E-state index in [1.165, 1.54) is 0 Å². The van der Waals surface area contributed by atoms with E-state index in [4.69, 9.17) is 18.0 Å². The van der Waals surface area contributed by atoms with E-state index >= 15 is 0 Å². The van der Waals surface area contributed by atoms with E-state index in [0.29, 0.717) is 17.0 Å². The van der Waals surface area contributed by atoms with Gasteiger partial charge in [-0.2, -0.15) is 16.1 Å². The molecule has 0 amide bonds. The summed E-state index contributed by atoms with van der Waals surface area (Å²) in [5.74, 6) is 1.68. The molecule has 1 aromatic rings. The fourth-order valence-electron chi connectivity index (χ4n) is 2.00. The molecule has 7 heteroatoms. The third-order valence-electron chi connectivity index (χ3n) is 3.05. The van der Waals surface area contributed by atoms with Crippen molar-refractivity contribution in [2.24, 2.45) is 5.73 Å². The molecular weight excluding hydrogens is 300 g/mol. The van der Waals surface area contributed by atoms with Crippen LogP contribution >= 0.6 is 24.0 Å². The van der Waals surface area contributed by atoms with Crippen molar-refractivity contribution >= 4 is 39.0 Å². The number of thioether (sulfide) groups is 1. The molecule has 0 radical (unpaired) electrons. The second-order valence-electron chi connectivity index (χ2n) is 4.43. The predicted octanol–water partition coefficient (Wildman–Crippen LogP) is 1.45. The molecule has 1 aromatic carbocycles. The highest BCUT2D eigenvalue weighted by Gasteiger charge is 2.31. The first-order valence-electron chi connectivity index (χ1n) is 5.92. The molecule has 1 heterocycles. The minimum Gasteiger partial charge on any atom is -0.389 e. The first-order chi connectivity index (χ1) is 8.93. The number of rotatable bonds is 3. The average Bonchev–Trinajstić information content (AvgIpc) is 2.39.